The zero-order valence-electron chi connectivity index (χ0n) is 15.2. The molecule has 1 aromatic carbocycles. The van der Waals surface area contributed by atoms with Gasteiger partial charge in [-0.15, -0.1) is 0 Å². The summed E-state index contributed by atoms with van der Waals surface area (Å²) in [6, 6.07) is 10.6. The molecule has 0 radical (unpaired) electrons. The maximum atomic E-state index is 4.45. The highest BCUT2D eigenvalue weighted by Gasteiger charge is 2.19. The van der Waals surface area contributed by atoms with Crippen LogP contribution in [0.4, 0.5) is 5.69 Å². The summed E-state index contributed by atoms with van der Waals surface area (Å²) in [5.74, 6) is 1.01. The van der Waals surface area contributed by atoms with Crippen LogP contribution in [-0.4, -0.2) is 60.4 Å². The Morgan fingerprint density at radius 1 is 1.16 bits per heavy atom. The van der Waals surface area contributed by atoms with Gasteiger partial charge in [0.15, 0.2) is 5.96 Å². The Kier molecular flexibility index (Phi) is 5.93. The Morgan fingerprint density at radius 2 is 1.92 bits per heavy atom. The average Bonchev–Trinajstić information content (AvgIpc) is 3.08. The van der Waals surface area contributed by atoms with Crippen LogP contribution < -0.4 is 10.2 Å². The number of aromatic nitrogens is 2. The van der Waals surface area contributed by atoms with Gasteiger partial charge in [0.05, 0.1) is 6.20 Å². The van der Waals surface area contributed by atoms with E-state index in [0.717, 1.165) is 51.5 Å². The van der Waals surface area contributed by atoms with Crippen LogP contribution in [0.5, 0.6) is 0 Å². The fourth-order valence-corrected chi connectivity index (χ4v) is 3.24. The van der Waals surface area contributed by atoms with Crippen molar-refractivity contribution < 1.29 is 0 Å². The van der Waals surface area contributed by atoms with Gasteiger partial charge in [0, 0.05) is 58.7 Å². The van der Waals surface area contributed by atoms with Gasteiger partial charge >= 0.3 is 0 Å². The van der Waals surface area contributed by atoms with Crippen molar-refractivity contribution in [3.05, 3.63) is 48.3 Å². The first kappa shape index (κ1) is 17.3. The molecule has 1 fully saturated rings. The van der Waals surface area contributed by atoms with E-state index in [2.05, 4.69) is 61.7 Å². The van der Waals surface area contributed by atoms with Gasteiger partial charge in [-0.3, -0.25) is 9.67 Å². The van der Waals surface area contributed by atoms with Gasteiger partial charge < -0.3 is 15.1 Å². The van der Waals surface area contributed by atoms with E-state index in [4.69, 9.17) is 0 Å². The van der Waals surface area contributed by atoms with Gasteiger partial charge in [0.25, 0.3) is 0 Å². The number of hydrogen-bond donors (Lipinski definition) is 1. The Morgan fingerprint density at radius 3 is 2.56 bits per heavy atom. The van der Waals surface area contributed by atoms with Crippen molar-refractivity contribution in [1.29, 1.82) is 0 Å². The number of aliphatic imine (C=N–C) groups is 1. The minimum atomic E-state index is 0.931. The lowest BCUT2D eigenvalue weighted by molar-refractivity contribution is 0.372. The average molecular weight is 340 g/mol. The standard InChI is InChI=1S/C19H28N6/c1-20-19(21-10-6-7-17-15-22-23(2)16-17)25-13-11-24(12-14-25)18-8-4-3-5-9-18/h3-5,8-9,15-16H,6-7,10-14H2,1-2H3,(H,20,21). The van der Waals surface area contributed by atoms with Crippen LogP contribution in [0.15, 0.2) is 47.7 Å². The zero-order valence-corrected chi connectivity index (χ0v) is 15.2. The molecule has 0 spiro atoms. The summed E-state index contributed by atoms with van der Waals surface area (Å²) in [6.07, 6.45) is 6.14. The van der Waals surface area contributed by atoms with Crippen LogP contribution in [0.3, 0.4) is 0 Å². The third-order valence-electron chi connectivity index (χ3n) is 4.60. The zero-order chi connectivity index (χ0) is 17.5. The van der Waals surface area contributed by atoms with E-state index in [1.54, 1.807) is 0 Å². The number of nitrogens with zero attached hydrogens (tertiary/aromatic N) is 5. The lowest BCUT2D eigenvalue weighted by Crippen LogP contribution is -2.52. The maximum Gasteiger partial charge on any atom is 0.193 e. The van der Waals surface area contributed by atoms with E-state index in [1.165, 1.54) is 11.3 Å². The fourth-order valence-electron chi connectivity index (χ4n) is 3.24. The number of guanidine groups is 1. The van der Waals surface area contributed by atoms with Gasteiger partial charge in [0.2, 0.25) is 0 Å². The number of para-hydroxylation sites is 1. The molecule has 0 bridgehead atoms. The molecule has 2 aromatic rings. The highest BCUT2D eigenvalue weighted by atomic mass is 15.3. The highest BCUT2D eigenvalue weighted by molar-refractivity contribution is 5.80. The molecule has 6 nitrogen and oxygen atoms in total. The molecule has 6 heteroatoms. The number of benzene rings is 1. The number of piperazine rings is 1. The van der Waals surface area contributed by atoms with Crippen molar-refractivity contribution in [1.82, 2.24) is 20.0 Å². The molecule has 25 heavy (non-hydrogen) atoms. The summed E-state index contributed by atoms with van der Waals surface area (Å²) in [5.41, 5.74) is 2.59. The number of rotatable bonds is 5. The van der Waals surface area contributed by atoms with Crippen molar-refractivity contribution in [2.24, 2.45) is 12.0 Å². The first-order valence-corrected chi connectivity index (χ1v) is 8.99. The van der Waals surface area contributed by atoms with Crippen molar-refractivity contribution in [3.8, 4) is 0 Å². The smallest absolute Gasteiger partial charge is 0.193 e. The summed E-state index contributed by atoms with van der Waals surface area (Å²) < 4.78 is 1.86. The maximum absolute atomic E-state index is 4.45. The third kappa shape index (κ3) is 4.75. The van der Waals surface area contributed by atoms with Crippen molar-refractivity contribution in [2.45, 2.75) is 12.8 Å². The van der Waals surface area contributed by atoms with E-state index >= 15 is 0 Å². The van der Waals surface area contributed by atoms with E-state index in [9.17, 15) is 0 Å². The molecule has 134 valence electrons. The first-order chi connectivity index (χ1) is 12.3. The van der Waals surface area contributed by atoms with Crippen LogP contribution in [0.1, 0.15) is 12.0 Å². The van der Waals surface area contributed by atoms with Gasteiger partial charge in [-0.05, 0) is 30.5 Å². The molecule has 1 aromatic heterocycles. The minimum absolute atomic E-state index is 0.931. The molecule has 3 rings (SSSR count). The second kappa shape index (κ2) is 8.55. The van der Waals surface area contributed by atoms with Crippen molar-refractivity contribution in [2.75, 3.05) is 44.7 Å². The molecule has 0 amide bonds. The van der Waals surface area contributed by atoms with Gasteiger partial charge in [-0.2, -0.15) is 5.10 Å². The number of hydrogen-bond acceptors (Lipinski definition) is 3. The SMILES string of the molecule is CN=C(NCCCc1cnn(C)c1)N1CCN(c2ccccc2)CC1. The number of aryl methyl sites for hydroxylation is 2. The highest BCUT2D eigenvalue weighted by Crippen LogP contribution is 2.15. The Balaban J connectivity index is 1.41. The molecular formula is C19H28N6. The van der Waals surface area contributed by atoms with Gasteiger partial charge in [-0.25, -0.2) is 0 Å². The minimum Gasteiger partial charge on any atom is -0.368 e. The lowest BCUT2D eigenvalue weighted by atomic mass is 10.2. The topological polar surface area (TPSA) is 48.7 Å². The fraction of sp³-hybridized carbons (Fsp3) is 0.474. The van der Waals surface area contributed by atoms with E-state index in [0.29, 0.717) is 0 Å². The normalized spacial score (nSPS) is 15.5. The quantitative estimate of drug-likeness (QED) is 0.512. The summed E-state index contributed by atoms with van der Waals surface area (Å²) in [6.45, 7) is 4.98. The first-order valence-electron chi connectivity index (χ1n) is 8.99. The molecule has 0 aliphatic carbocycles. The molecule has 2 heterocycles. The number of anilines is 1. The van der Waals surface area contributed by atoms with Crippen LogP contribution >= 0.6 is 0 Å². The molecular weight excluding hydrogens is 312 g/mol. The third-order valence-corrected chi connectivity index (χ3v) is 4.60. The summed E-state index contributed by atoms with van der Waals surface area (Å²) in [5, 5.41) is 7.71. The molecule has 1 aliphatic rings. The predicted molar refractivity (Wildman–Crippen MR) is 103 cm³/mol. The Bertz CT molecular complexity index is 670. The predicted octanol–water partition coefficient (Wildman–Crippen LogP) is 1.75. The monoisotopic (exact) mass is 340 g/mol. The van der Waals surface area contributed by atoms with Gasteiger partial charge in [-0.1, -0.05) is 18.2 Å². The van der Waals surface area contributed by atoms with Crippen molar-refractivity contribution >= 4 is 11.6 Å². The van der Waals surface area contributed by atoms with E-state index in [-0.39, 0.29) is 0 Å². The van der Waals surface area contributed by atoms with Crippen LogP contribution in [0, 0.1) is 0 Å². The van der Waals surface area contributed by atoms with E-state index < -0.39 is 0 Å². The molecule has 1 aliphatic heterocycles. The largest absolute Gasteiger partial charge is 0.368 e. The van der Waals surface area contributed by atoms with E-state index in [1.807, 2.05) is 25.0 Å². The van der Waals surface area contributed by atoms with Gasteiger partial charge in [0.1, 0.15) is 0 Å². The Hall–Kier alpha value is -2.50. The molecule has 0 atom stereocenters. The summed E-state index contributed by atoms with van der Waals surface area (Å²) >= 11 is 0. The van der Waals surface area contributed by atoms with Crippen molar-refractivity contribution in [3.63, 3.8) is 0 Å². The summed E-state index contributed by atoms with van der Waals surface area (Å²) in [4.78, 5) is 9.24. The Labute approximate surface area is 150 Å². The van der Waals surface area contributed by atoms with Crippen LogP contribution in [-0.2, 0) is 13.5 Å². The lowest BCUT2D eigenvalue weighted by Gasteiger charge is -2.37. The molecule has 0 saturated carbocycles. The molecule has 1 N–H and O–H groups in total. The van der Waals surface area contributed by atoms with Crippen LogP contribution in [0.2, 0.25) is 0 Å². The second-order valence-corrected chi connectivity index (χ2v) is 6.41. The molecule has 0 unspecified atom stereocenters. The molecule has 1 saturated heterocycles. The number of nitrogens with one attached hydrogen (secondary N) is 1. The summed E-state index contributed by atoms with van der Waals surface area (Å²) in [7, 11) is 3.83. The second-order valence-electron chi connectivity index (χ2n) is 6.41. The van der Waals surface area contributed by atoms with Crippen LogP contribution in [0.25, 0.3) is 0 Å².